The van der Waals surface area contributed by atoms with Crippen LogP contribution in [-0.2, 0) is 4.79 Å². The number of aliphatic carboxylic acids is 1. The molecule has 114 valence electrons. The van der Waals surface area contributed by atoms with Crippen molar-refractivity contribution in [3.05, 3.63) is 22.2 Å². The van der Waals surface area contributed by atoms with Gasteiger partial charge in [-0.05, 0) is 48.3 Å². The number of carboxylic acid groups (broad SMARTS) is 1. The van der Waals surface area contributed by atoms with Crippen molar-refractivity contribution in [1.29, 1.82) is 0 Å². The summed E-state index contributed by atoms with van der Waals surface area (Å²) in [6.45, 7) is 3.66. The lowest BCUT2D eigenvalue weighted by Gasteiger charge is -2.18. The van der Waals surface area contributed by atoms with Crippen molar-refractivity contribution in [2.24, 2.45) is 5.41 Å². The third kappa shape index (κ3) is 3.47. The van der Waals surface area contributed by atoms with Gasteiger partial charge in [-0.3, -0.25) is 9.59 Å². The van der Waals surface area contributed by atoms with Gasteiger partial charge >= 0.3 is 5.97 Å². The minimum Gasteiger partial charge on any atom is -0.481 e. The largest absolute Gasteiger partial charge is 0.481 e. The first-order chi connectivity index (χ1) is 9.81. The maximum atomic E-state index is 12.1. The van der Waals surface area contributed by atoms with Gasteiger partial charge in [0.05, 0.1) is 9.89 Å². The van der Waals surface area contributed by atoms with Crippen LogP contribution in [0.15, 0.2) is 16.6 Å². The van der Waals surface area contributed by atoms with Gasteiger partial charge in [-0.2, -0.15) is 0 Å². The summed E-state index contributed by atoms with van der Waals surface area (Å²) in [5, 5.41) is 11.7. The van der Waals surface area contributed by atoms with Gasteiger partial charge in [0.15, 0.2) is 11.5 Å². The summed E-state index contributed by atoms with van der Waals surface area (Å²) in [4.78, 5) is 23.1. The lowest BCUT2D eigenvalue weighted by molar-refractivity contribution is -0.147. The Morgan fingerprint density at radius 2 is 2.10 bits per heavy atom. The van der Waals surface area contributed by atoms with E-state index in [1.165, 1.54) is 0 Å². The molecule has 0 aliphatic carbocycles. The van der Waals surface area contributed by atoms with Gasteiger partial charge in [0.1, 0.15) is 0 Å². The van der Waals surface area contributed by atoms with Gasteiger partial charge in [0, 0.05) is 12.1 Å². The standard InChI is InChI=1S/C14H16BrNO5/c1-14(2,13(18)19)3-4-16-12(17)8-5-9(15)11-10(6-8)20-7-21-11/h5-6H,3-4,7H2,1-2H3,(H,16,17)(H,18,19). The number of hydrogen-bond acceptors (Lipinski definition) is 4. The molecule has 0 aromatic heterocycles. The van der Waals surface area contributed by atoms with E-state index in [9.17, 15) is 9.59 Å². The van der Waals surface area contributed by atoms with Crippen LogP contribution in [0, 0.1) is 5.41 Å². The number of benzene rings is 1. The van der Waals surface area contributed by atoms with Crippen LogP contribution in [0.5, 0.6) is 11.5 Å². The normalized spacial score (nSPS) is 13.1. The molecule has 1 aromatic rings. The lowest BCUT2D eigenvalue weighted by atomic mass is 9.90. The zero-order chi connectivity index (χ0) is 15.6. The number of fused-ring (bicyclic) bond motifs is 1. The summed E-state index contributed by atoms with van der Waals surface area (Å²) in [6, 6.07) is 3.25. The first-order valence-corrected chi connectivity index (χ1v) is 7.21. The number of rotatable bonds is 5. The van der Waals surface area contributed by atoms with Gasteiger partial charge in [0.25, 0.3) is 5.91 Å². The molecule has 0 unspecified atom stereocenters. The van der Waals surface area contributed by atoms with Gasteiger partial charge in [-0.15, -0.1) is 0 Å². The zero-order valence-electron chi connectivity index (χ0n) is 11.7. The van der Waals surface area contributed by atoms with Crippen LogP contribution in [0.25, 0.3) is 0 Å². The van der Waals surface area contributed by atoms with Gasteiger partial charge in [-0.25, -0.2) is 0 Å². The number of carbonyl (C=O) groups excluding carboxylic acids is 1. The van der Waals surface area contributed by atoms with Crippen LogP contribution >= 0.6 is 15.9 Å². The van der Waals surface area contributed by atoms with Crippen molar-refractivity contribution in [3.8, 4) is 11.5 Å². The molecule has 21 heavy (non-hydrogen) atoms. The molecule has 0 bridgehead atoms. The van der Waals surface area contributed by atoms with Crippen molar-refractivity contribution >= 4 is 27.8 Å². The highest BCUT2D eigenvalue weighted by Crippen LogP contribution is 2.39. The summed E-state index contributed by atoms with van der Waals surface area (Å²) in [6.07, 6.45) is 0.347. The zero-order valence-corrected chi connectivity index (χ0v) is 13.3. The minimum absolute atomic E-state index is 0.131. The molecule has 2 rings (SSSR count). The summed E-state index contributed by atoms with van der Waals surface area (Å²) in [7, 11) is 0. The fourth-order valence-corrected chi connectivity index (χ4v) is 2.35. The van der Waals surface area contributed by atoms with E-state index in [4.69, 9.17) is 14.6 Å². The number of nitrogens with one attached hydrogen (secondary N) is 1. The predicted octanol–water partition coefficient (Wildman–Crippen LogP) is 2.41. The summed E-state index contributed by atoms with van der Waals surface area (Å²) in [5.74, 6) is -0.0725. The number of hydrogen-bond donors (Lipinski definition) is 2. The Bertz CT molecular complexity index is 585. The number of ether oxygens (including phenoxy) is 2. The van der Waals surface area contributed by atoms with E-state index in [2.05, 4.69) is 21.2 Å². The van der Waals surface area contributed by atoms with E-state index in [0.29, 0.717) is 28.0 Å². The van der Waals surface area contributed by atoms with Crippen molar-refractivity contribution in [3.63, 3.8) is 0 Å². The molecule has 6 nitrogen and oxygen atoms in total. The molecule has 2 N–H and O–H groups in total. The molecule has 0 radical (unpaired) electrons. The second kappa shape index (κ2) is 5.93. The molecule has 1 heterocycles. The maximum absolute atomic E-state index is 12.1. The van der Waals surface area contributed by atoms with Gasteiger partial charge < -0.3 is 19.9 Å². The van der Waals surface area contributed by atoms with Crippen LogP contribution in [0.4, 0.5) is 0 Å². The fraction of sp³-hybridized carbons (Fsp3) is 0.429. The average molecular weight is 358 g/mol. The quantitative estimate of drug-likeness (QED) is 0.845. The summed E-state index contributed by atoms with van der Waals surface area (Å²) in [5.41, 5.74) is -0.442. The van der Waals surface area contributed by atoms with Gasteiger partial charge in [0.2, 0.25) is 6.79 Å². The van der Waals surface area contributed by atoms with E-state index >= 15 is 0 Å². The topological polar surface area (TPSA) is 84.9 Å². The Hall–Kier alpha value is -1.76. The molecule has 0 atom stereocenters. The van der Waals surface area contributed by atoms with Gasteiger partial charge in [-0.1, -0.05) is 0 Å². The summed E-state index contributed by atoms with van der Waals surface area (Å²) >= 11 is 3.32. The van der Waals surface area contributed by atoms with E-state index in [1.807, 2.05) is 0 Å². The monoisotopic (exact) mass is 357 g/mol. The smallest absolute Gasteiger partial charge is 0.309 e. The Morgan fingerprint density at radius 3 is 2.76 bits per heavy atom. The first-order valence-electron chi connectivity index (χ1n) is 6.42. The predicted molar refractivity (Wildman–Crippen MR) is 78.6 cm³/mol. The number of carboxylic acids is 1. The molecule has 1 aliphatic rings. The number of halogens is 1. The van der Waals surface area contributed by atoms with Crippen LogP contribution < -0.4 is 14.8 Å². The molecular formula is C14H16BrNO5. The van der Waals surface area contributed by atoms with Crippen molar-refractivity contribution in [2.45, 2.75) is 20.3 Å². The number of carbonyl (C=O) groups is 2. The van der Waals surface area contributed by atoms with Crippen LogP contribution in [0.3, 0.4) is 0 Å². The highest BCUT2D eigenvalue weighted by Gasteiger charge is 2.27. The van der Waals surface area contributed by atoms with Crippen molar-refractivity contribution in [2.75, 3.05) is 13.3 Å². The second-order valence-corrected chi connectivity index (χ2v) is 6.24. The van der Waals surface area contributed by atoms with E-state index in [1.54, 1.807) is 26.0 Å². The molecule has 7 heteroatoms. The van der Waals surface area contributed by atoms with Crippen molar-refractivity contribution < 1.29 is 24.2 Å². The number of amides is 1. The van der Waals surface area contributed by atoms with Crippen LogP contribution in [0.1, 0.15) is 30.6 Å². The Balaban J connectivity index is 1.99. The summed E-state index contributed by atoms with van der Waals surface area (Å²) < 4.78 is 11.1. The molecule has 1 aliphatic heterocycles. The van der Waals surface area contributed by atoms with E-state index in [0.717, 1.165) is 0 Å². The third-order valence-corrected chi connectivity index (χ3v) is 3.89. The van der Waals surface area contributed by atoms with Crippen LogP contribution in [0.2, 0.25) is 0 Å². The molecule has 0 saturated carbocycles. The van der Waals surface area contributed by atoms with E-state index in [-0.39, 0.29) is 19.2 Å². The average Bonchev–Trinajstić information content (AvgIpc) is 2.87. The van der Waals surface area contributed by atoms with E-state index < -0.39 is 11.4 Å². The fourth-order valence-electron chi connectivity index (χ4n) is 1.80. The Labute approximate surface area is 130 Å². The molecule has 0 saturated heterocycles. The SMILES string of the molecule is CC(C)(CCNC(=O)c1cc(Br)c2c(c1)OCO2)C(=O)O. The second-order valence-electron chi connectivity index (χ2n) is 5.39. The van der Waals surface area contributed by atoms with Crippen LogP contribution in [-0.4, -0.2) is 30.3 Å². The molecule has 0 fully saturated rings. The highest BCUT2D eigenvalue weighted by molar-refractivity contribution is 9.10. The maximum Gasteiger partial charge on any atom is 0.309 e. The Kier molecular flexibility index (Phi) is 4.41. The molecule has 1 aromatic carbocycles. The minimum atomic E-state index is -0.887. The molecule has 0 spiro atoms. The third-order valence-electron chi connectivity index (χ3n) is 3.30. The first kappa shape index (κ1) is 15.6. The molecular weight excluding hydrogens is 342 g/mol. The molecule has 1 amide bonds. The van der Waals surface area contributed by atoms with Crippen molar-refractivity contribution in [1.82, 2.24) is 5.32 Å². The highest BCUT2D eigenvalue weighted by atomic mass is 79.9. The Morgan fingerprint density at radius 1 is 1.38 bits per heavy atom. The lowest BCUT2D eigenvalue weighted by Crippen LogP contribution is -2.31.